The molecule has 4 N–H and O–H groups in total. The molecular formula is C30H38O18. The molecule has 48 heavy (non-hydrogen) atoms. The van der Waals surface area contributed by atoms with Crippen molar-refractivity contribution in [2.45, 2.75) is 82.5 Å². The Morgan fingerprint density at radius 2 is 1.52 bits per heavy atom. The van der Waals surface area contributed by atoms with Crippen molar-refractivity contribution in [3.05, 3.63) is 29.8 Å². The minimum Gasteiger partial charge on any atom is -0.504 e. The SMILES string of the molecule is COc1cc(/C=C/C(=O)O[C@H]2[C@H](O)[C@@H](CO)O[C@@]2(COC(C)=O)O[C@H]2O[C@H](COC(C)=O)[C@@H](O)[C@H](OC(C)=O)[C@H]2OC(C)=O)ccc1O. The van der Waals surface area contributed by atoms with Crippen LogP contribution in [-0.2, 0) is 61.9 Å². The van der Waals surface area contributed by atoms with Gasteiger partial charge in [-0.05, 0) is 23.8 Å². The second kappa shape index (κ2) is 16.7. The number of aromatic hydroxyl groups is 1. The summed E-state index contributed by atoms with van der Waals surface area (Å²) in [5.74, 6) is -7.14. The first-order valence-electron chi connectivity index (χ1n) is 14.5. The number of rotatable bonds is 13. The van der Waals surface area contributed by atoms with Crippen molar-refractivity contribution in [2.75, 3.05) is 26.9 Å². The lowest BCUT2D eigenvalue weighted by Gasteiger charge is -2.45. The predicted octanol–water partition coefficient (Wildman–Crippen LogP) is -1.13. The van der Waals surface area contributed by atoms with E-state index < -0.39 is 104 Å². The van der Waals surface area contributed by atoms with Gasteiger partial charge in [0.1, 0.15) is 37.6 Å². The van der Waals surface area contributed by atoms with Gasteiger partial charge in [-0.3, -0.25) is 19.2 Å². The van der Waals surface area contributed by atoms with E-state index in [0.717, 1.165) is 33.8 Å². The highest BCUT2D eigenvalue weighted by molar-refractivity contribution is 5.87. The first-order valence-corrected chi connectivity index (χ1v) is 14.5. The van der Waals surface area contributed by atoms with Crippen LogP contribution in [0.4, 0.5) is 0 Å². The van der Waals surface area contributed by atoms with Crippen molar-refractivity contribution in [2.24, 2.45) is 0 Å². The number of hydrogen-bond acceptors (Lipinski definition) is 18. The van der Waals surface area contributed by atoms with Crippen molar-refractivity contribution in [1.29, 1.82) is 0 Å². The van der Waals surface area contributed by atoms with Crippen molar-refractivity contribution < 1.29 is 87.0 Å². The number of carbonyl (C=O) groups excluding carboxylic acids is 5. The fourth-order valence-electron chi connectivity index (χ4n) is 4.89. The number of hydrogen-bond donors (Lipinski definition) is 4. The number of aliphatic hydroxyl groups excluding tert-OH is 3. The zero-order chi connectivity index (χ0) is 35.8. The molecule has 2 fully saturated rings. The normalized spacial score (nSPS) is 29.9. The molecule has 2 aliphatic rings. The second-order valence-electron chi connectivity index (χ2n) is 10.6. The highest BCUT2D eigenvalue weighted by Gasteiger charge is 2.62. The zero-order valence-electron chi connectivity index (χ0n) is 26.6. The first kappa shape index (κ1) is 38.1. The molecule has 0 bridgehead atoms. The van der Waals surface area contributed by atoms with Gasteiger partial charge >= 0.3 is 29.8 Å². The number of phenolic OH excluding ortho intramolecular Hbond substituents is 1. The summed E-state index contributed by atoms with van der Waals surface area (Å²) in [5, 5.41) is 41.8. The van der Waals surface area contributed by atoms with Crippen LogP contribution < -0.4 is 4.74 Å². The Morgan fingerprint density at radius 3 is 2.10 bits per heavy atom. The Hall–Kier alpha value is -4.33. The Balaban J connectivity index is 2.04. The van der Waals surface area contributed by atoms with Crippen LogP contribution in [0.2, 0.25) is 0 Å². The molecule has 0 saturated carbocycles. The minimum absolute atomic E-state index is 0.115. The Morgan fingerprint density at radius 1 is 0.875 bits per heavy atom. The van der Waals surface area contributed by atoms with E-state index in [1.54, 1.807) is 0 Å². The molecule has 0 radical (unpaired) electrons. The van der Waals surface area contributed by atoms with Gasteiger partial charge in [0.2, 0.25) is 12.1 Å². The van der Waals surface area contributed by atoms with Gasteiger partial charge in [0.15, 0.2) is 29.8 Å². The third-order valence-corrected chi connectivity index (χ3v) is 6.98. The summed E-state index contributed by atoms with van der Waals surface area (Å²) in [4.78, 5) is 60.6. The molecular weight excluding hydrogens is 648 g/mol. The molecule has 266 valence electrons. The molecule has 2 aliphatic heterocycles. The number of phenols is 1. The maximum Gasteiger partial charge on any atom is 0.331 e. The monoisotopic (exact) mass is 686 g/mol. The maximum absolute atomic E-state index is 13.1. The third kappa shape index (κ3) is 9.61. The molecule has 0 unspecified atom stereocenters. The lowest BCUT2D eigenvalue weighted by Crippen LogP contribution is -2.65. The van der Waals surface area contributed by atoms with Gasteiger partial charge in [0.05, 0.1) is 13.7 Å². The van der Waals surface area contributed by atoms with Gasteiger partial charge in [-0.2, -0.15) is 0 Å². The summed E-state index contributed by atoms with van der Waals surface area (Å²) in [6.45, 7) is 1.74. The molecule has 2 saturated heterocycles. The molecule has 18 heteroatoms. The summed E-state index contributed by atoms with van der Waals surface area (Å²) < 4.78 is 48.8. The molecule has 3 rings (SSSR count). The van der Waals surface area contributed by atoms with Crippen LogP contribution in [0.1, 0.15) is 33.3 Å². The van der Waals surface area contributed by atoms with Crippen molar-refractivity contribution in [1.82, 2.24) is 0 Å². The minimum atomic E-state index is -2.50. The highest BCUT2D eigenvalue weighted by Crippen LogP contribution is 2.40. The summed E-state index contributed by atoms with van der Waals surface area (Å²) in [5.41, 5.74) is 0.397. The largest absolute Gasteiger partial charge is 0.504 e. The number of esters is 5. The smallest absolute Gasteiger partial charge is 0.331 e. The van der Waals surface area contributed by atoms with E-state index in [-0.39, 0.29) is 11.5 Å². The quantitative estimate of drug-likeness (QED) is 0.109. The third-order valence-electron chi connectivity index (χ3n) is 6.98. The molecule has 1 aromatic rings. The lowest BCUT2D eigenvalue weighted by atomic mass is 9.98. The summed E-state index contributed by atoms with van der Waals surface area (Å²) in [6, 6.07) is 4.19. The summed E-state index contributed by atoms with van der Waals surface area (Å²) >= 11 is 0. The molecule has 1 aromatic carbocycles. The first-order chi connectivity index (χ1) is 22.6. The molecule has 0 aliphatic carbocycles. The average molecular weight is 687 g/mol. The van der Waals surface area contributed by atoms with Crippen LogP contribution >= 0.6 is 0 Å². The van der Waals surface area contributed by atoms with Crippen LogP contribution in [-0.4, -0.2) is 132 Å². The van der Waals surface area contributed by atoms with Crippen LogP contribution in [0.15, 0.2) is 24.3 Å². The predicted molar refractivity (Wildman–Crippen MR) is 154 cm³/mol. The number of methoxy groups -OCH3 is 1. The van der Waals surface area contributed by atoms with Gasteiger partial charge in [-0.1, -0.05) is 6.07 Å². The standard InChI is InChI=1S/C30H38O18/c1-14(32)41-12-22-24(38)26(43-16(3)34)27(44-17(4)35)29(45-22)48-30(13-42-15(2)33)28(25(39)21(11-31)47-30)46-23(37)9-7-18-6-8-19(36)20(10-18)40-5/h6-10,21-22,24-29,31,36,38-39H,11-13H2,1-5H3/b9-7+/t21-,22-,24-,25-,26+,27-,28+,29-,30+/m1/s1. The van der Waals surface area contributed by atoms with E-state index >= 15 is 0 Å². The van der Waals surface area contributed by atoms with E-state index in [1.807, 2.05) is 0 Å². The van der Waals surface area contributed by atoms with Gasteiger partial charge in [-0.15, -0.1) is 0 Å². The summed E-state index contributed by atoms with van der Waals surface area (Å²) in [6.07, 6.45) is -11.6. The molecule has 0 aromatic heterocycles. The molecule has 0 amide bonds. The van der Waals surface area contributed by atoms with Crippen LogP contribution in [0.25, 0.3) is 6.08 Å². The second-order valence-corrected chi connectivity index (χ2v) is 10.6. The number of ether oxygens (including phenoxy) is 9. The number of carbonyl (C=O) groups is 5. The molecule has 2 heterocycles. The van der Waals surface area contributed by atoms with Gasteiger partial charge in [-0.25, -0.2) is 4.79 Å². The van der Waals surface area contributed by atoms with Gasteiger partial charge in [0.25, 0.3) is 0 Å². The van der Waals surface area contributed by atoms with Crippen molar-refractivity contribution in [3.8, 4) is 11.5 Å². The highest BCUT2D eigenvalue weighted by atomic mass is 16.8. The molecule has 9 atom stereocenters. The molecule has 0 spiro atoms. The van der Waals surface area contributed by atoms with Crippen molar-refractivity contribution >= 4 is 35.9 Å². The fraction of sp³-hybridized carbons (Fsp3) is 0.567. The summed E-state index contributed by atoms with van der Waals surface area (Å²) in [7, 11) is 1.33. The number of aliphatic hydroxyl groups is 3. The topological polar surface area (TPSA) is 249 Å². The van der Waals surface area contributed by atoms with E-state index in [1.165, 1.54) is 31.4 Å². The Kier molecular flexibility index (Phi) is 13.2. The maximum atomic E-state index is 13.1. The lowest BCUT2D eigenvalue weighted by molar-refractivity contribution is -0.384. The van der Waals surface area contributed by atoms with E-state index in [9.17, 15) is 44.4 Å². The van der Waals surface area contributed by atoms with Crippen LogP contribution in [0.3, 0.4) is 0 Å². The Bertz CT molecular complexity index is 1360. The zero-order valence-corrected chi connectivity index (χ0v) is 26.6. The van der Waals surface area contributed by atoms with Crippen LogP contribution in [0.5, 0.6) is 11.5 Å². The van der Waals surface area contributed by atoms with E-state index in [0.29, 0.717) is 5.56 Å². The number of benzene rings is 1. The van der Waals surface area contributed by atoms with E-state index in [4.69, 9.17) is 42.6 Å². The van der Waals surface area contributed by atoms with E-state index in [2.05, 4.69) is 0 Å². The van der Waals surface area contributed by atoms with Gasteiger partial charge in [0, 0.05) is 33.8 Å². The molecule has 18 nitrogen and oxygen atoms in total. The average Bonchev–Trinajstić information content (AvgIpc) is 3.27. The Labute approximate surface area is 273 Å². The van der Waals surface area contributed by atoms with Crippen LogP contribution in [0, 0.1) is 0 Å². The fourth-order valence-corrected chi connectivity index (χ4v) is 4.89. The van der Waals surface area contributed by atoms with Gasteiger partial charge < -0.3 is 63.1 Å². The van der Waals surface area contributed by atoms with Crippen molar-refractivity contribution in [3.63, 3.8) is 0 Å².